The first-order chi connectivity index (χ1) is 9.22. The molecule has 2 heterocycles. The topological polar surface area (TPSA) is 46.6 Å². The molecule has 0 fully saturated rings. The molecule has 98 valence electrons. The number of hydrogen-bond donors (Lipinski definition) is 1. The number of nitrogens with zero attached hydrogens (tertiary/aromatic N) is 3. The van der Waals surface area contributed by atoms with Crippen molar-refractivity contribution in [3.05, 3.63) is 47.4 Å². The van der Waals surface area contributed by atoms with Crippen molar-refractivity contribution in [2.75, 3.05) is 11.9 Å². The van der Waals surface area contributed by atoms with Gasteiger partial charge in [-0.3, -0.25) is 4.40 Å². The molecule has 0 aliphatic carbocycles. The SMILES string of the molecule is CN(c1ccccc1F)c1nc2sccn2c1CN. The quantitative estimate of drug-likeness (QED) is 0.800. The van der Waals surface area contributed by atoms with Crippen LogP contribution in [0.25, 0.3) is 4.96 Å². The lowest BCUT2D eigenvalue weighted by Crippen LogP contribution is -2.15. The van der Waals surface area contributed by atoms with Crippen LogP contribution in [-0.2, 0) is 6.54 Å². The highest BCUT2D eigenvalue weighted by atomic mass is 32.1. The van der Waals surface area contributed by atoms with Crippen LogP contribution in [-0.4, -0.2) is 16.4 Å². The summed E-state index contributed by atoms with van der Waals surface area (Å²) in [4.78, 5) is 7.11. The van der Waals surface area contributed by atoms with Crippen molar-refractivity contribution in [2.45, 2.75) is 6.54 Å². The zero-order valence-corrected chi connectivity index (χ0v) is 11.2. The maximum atomic E-state index is 13.8. The van der Waals surface area contributed by atoms with E-state index in [1.54, 1.807) is 30.1 Å². The number of benzene rings is 1. The minimum absolute atomic E-state index is 0.274. The normalized spacial score (nSPS) is 11.1. The number of para-hydroxylation sites is 1. The number of anilines is 2. The second-order valence-electron chi connectivity index (χ2n) is 4.15. The summed E-state index contributed by atoms with van der Waals surface area (Å²) in [7, 11) is 1.80. The van der Waals surface area contributed by atoms with Gasteiger partial charge >= 0.3 is 0 Å². The first kappa shape index (κ1) is 12.1. The lowest BCUT2D eigenvalue weighted by Gasteiger charge is -2.18. The van der Waals surface area contributed by atoms with Crippen molar-refractivity contribution >= 4 is 27.8 Å². The molecule has 19 heavy (non-hydrogen) atoms. The number of aromatic nitrogens is 2. The highest BCUT2D eigenvalue weighted by Crippen LogP contribution is 2.30. The monoisotopic (exact) mass is 276 g/mol. The van der Waals surface area contributed by atoms with Gasteiger partial charge in [-0.1, -0.05) is 12.1 Å². The van der Waals surface area contributed by atoms with Gasteiger partial charge in [0.25, 0.3) is 0 Å². The Balaban J connectivity index is 2.13. The van der Waals surface area contributed by atoms with E-state index in [-0.39, 0.29) is 5.82 Å². The number of fused-ring (bicyclic) bond motifs is 1. The number of hydrogen-bond acceptors (Lipinski definition) is 4. The molecule has 2 N–H and O–H groups in total. The summed E-state index contributed by atoms with van der Waals surface area (Å²) in [5.74, 6) is 0.420. The molecular formula is C13H13FN4S. The third kappa shape index (κ3) is 1.89. The molecule has 0 radical (unpaired) electrons. The van der Waals surface area contributed by atoms with Crippen LogP contribution >= 0.6 is 11.3 Å². The molecule has 1 aromatic carbocycles. The van der Waals surface area contributed by atoms with Crippen molar-refractivity contribution in [1.29, 1.82) is 0 Å². The van der Waals surface area contributed by atoms with Crippen molar-refractivity contribution in [3.8, 4) is 0 Å². The van der Waals surface area contributed by atoms with Crippen LogP contribution in [0.15, 0.2) is 35.8 Å². The van der Waals surface area contributed by atoms with Gasteiger partial charge in [0.15, 0.2) is 10.8 Å². The first-order valence-electron chi connectivity index (χ1n) is 5.85. The lowest BCUT2D eigenvalue weighted by molar-refractivity contribution is 0.627. The van der Waals surface area contributed by atoms with E-state index < -0.39 is 0 Å². The van der Waals surface area contributed by atoms with Crippen molar-refractivity contribution in [3.63, 3.8) is 0 Å². The molecule has 3 rings (SSSR count). The number of nitrogens with two attached hydrogens (primary N) is 1. The van der Waals surface area contributed by atoms with Gasteiger partial charge < -0.3 is 10.6 Å². The first-order valence-corrected chi connectivity index (χ1v) is 6.73. The number of halogens is 1. The standard InChI is InChI=1S/C13H13FN4S/c1-17(10-5-3-2-4-9(10)14)12-11(8-15)18-6-7-19-13(18)16-12/h2-7H,8,15H2,1H3. The smallest absolute Gasteiger partial charge is 0.195 e. The van der Waals surface area contributed by atoms with Gasteiger partial charge in [-0.25, -0.2) is 9.37 Å². The second kappa shape index (κ2) is 4.64. The fourth-order valence-corrected chi connectivity index (χ4v) is 2.85. The minimum Gasteiger partial charge on any atom is -0.325 e. The molecular weight excluding hydrogens is 263 g/mol. The molecule has 0 spiro atoms. The van der Waals surface area contributed by atoms with Crippen LogP contribution in [0.2, 0.25) is 0 Å². The van der Waals surface area contributed by atoms with Gasteiger partial charge in [-0.2, -0.15) is 0 Å². The van der Waals surface area contributed by atoms with E-state index in [1.807, 2.05) is 16.0 Å². The van der Waals surface area contributed by atoms with Gasteiger partial charge in [-0.05, 0) is 12.1 Å². The molecule has 3 aromatic rings. The number of imidazole rings is 1. The third-order valence-corrected chi connectivity index (χ3v) is 3.82. The molecule has 0 atom stereocenters. The molecule has 6 heteroatoms. The minimum atomic E-state index is -0.274. The Morgan fingerprint density at radius 1 is 1.42 bits per heavy atom. The highest BCUT2D eigenvalue weighted by Gasteiger charge is 2.18. The van der Waals surface area contributed by atoms with Crippen LogP contribution in [0.5, 0.6) is 0 Å². The summed E-state index contributed by atoms with van der Waals surface area (Å²) < 4.78 is 15.8. The van der Waals surface area contributed by atoms with E-state index in [0.29, 0.717) is 18.1 Å². The average molecular weight is 276 g/mol. The summed E-state index contributed by atoms with van der Waals surface area (Å²) in [6.07, 6.45) is 1.92. The zero-order chi connectivity index (χ0) is 13.4. The molecule has 0 amide bonds. The Labute approximate surface area is 113 Å². The predicted octanol–water partition coefficient (Wildman–Crippen LogP) is 2.76. The molecule has 0 saturated heterocycles. The molecule has 4 nitrogen and oxygen atoms in total. The van der Waals surface area contributed by atoms with E-state index in [1.165, 1.54) is 17.4 Å². The molecule has 0 aliphatic rings. The van der Waals surface area contributed by atoms with Crippen molar-refractivity contribution < 1.29 is 4.39 Å². The largest absolute Gasteiger partial charge is 0.325 e. The Morgan fingerprint density at radius 2 is 2.21 bits per heavy atom. The van der Waals surface area contributed by atoms with Crippen LogP contribution in [0, 0.1) is 5.82 Å². The predicted molar refractivity (Wildman–Crippen MR) is 75.4 cm³/mol. The Kier molecular flexibility index (Phi) is 2.96. The molecule has 0 unspecified atom stereocenters. The van der Waals surface area contributed by atoms with Gasteiger partial charge in [0, 0.05) is 25.2 Å². The Morgan fingerprint density at radius 3 is 2.95 bits per heavy atom. The maximum Gasteiger partial charge on any atom is 0.195 e. The molecule has 0 bridgehead atoms. The number of rotatable bonds is 3. The summed E-state index contributed by atoms with van der Waals surface area (Å²) in [5, 5.41) is 1.95. The fraction of sp³-hybridized carbons (Fsp3) is 0.154. The van der Waals surface area contributed by atoms with Gasteiger partial charge in [0.2, 0.25) is 0 Å². The maximum absolute atomic E-state index is 13.8. The van der Waals surface area contributed by atoms with Gasteiger partial charge in [0.1, 0.15) is 5.82 Å². The lowest BCUT2D eigenvalue weighted by atomic mass is 10.2. The molecule has 0 saturated carbocycles. The van der Waals surface area contributed by atoms with E-state index in [4.69, 9.17) is 5.73 Å². The molecule has 2 aromatic heterocycles. The average Bonchev–Trinajstić information content (AvgIpc) is 2.98. The summed E-state index contributed by atoms with van der Waals surface area (Å²) in [5.41, 5.74) is 7.16. The van der Waals surface area contributed by atoms with E-state index in [2.05, 4.69) is 4.98 Å². The van der Waals surface area contributed by atoms with E-state index in [0.717, 1.165) is 10.7 Å². The molecule has 0 aliphatic heterocycles. The summed E-state index contributed by atoms with van der Waals surface area (Å²) >= 11 is 1.53. The van der Waals surface area contributed by atoms with Crippen molar-refractivity contribution in [1.82, 2.24) is 9.38 Å². The van der Waals surface area contributed by atoms with Crippen molar-refractivity contribution in [2.24, 2.45) is 5.73 Å². The second-order valence-corrected chi connectivity index (χ2v) is 5.03. The third-order valence-electron chi connectivity index (χ3n) is 3.06. The van der Waals surface area contributed by atoms with Gasteiger partial charge in [-0.15, -0.1) is 11.3 Å². The fourth-order valence-electron chi connectivity index (χ4n) is 2.12. The summed E-state index contributed by atoms with van der Waals surface area (Å²) in [6.45, 7) is 0.353. The van der Waals surface area contributed by atoms with Crippen LogP contribution in [0.4, 0.5) is 15.9 Å². The van der Waals surface area contributed by atoms with E-state index >= 15 is 0 Å². The van der Waals surface area contributed by atoms with E-state index in [9.17, 15) is 4.39 Å². The van der Waals surface area contributed by atoms with Gasteiger partial charge in [0.05, 0.1) is 11.4 Å². The van der Waals surface area contributed by atoms with Crippen LogP contribution in [0.1, 0.15) is 5.69 Å². The van der Waals surface area contributed by atoms with Crippen LogP contribution < -0.4 is 10.6 Å². The van der Waals surface area contributed by atoms with Crippen LogP contribution in [0.3, 0.4) is 0 Å². The summed E-state index contributed by atoms with van der Waals surface area (Å²) in [6, 6.07) is 6.63. The highest BCUT2D eigenvalue weighted by molar-refractivity contribution is 7.15. The zero-order valence-electron chi connectivity index (χ0n) is 10.4. The number of thiazole rings is 1. The Hall–Kier alpha value is -1.92. The Bertz CT molecular complexity index is 718.